The van der Waals surface area contributed by atoms with Crippen molar-refractivity contribution < 1.29 is 5.11 Å². The predicted octanol–water partition coefficient (Wildman–Crippen LogP) is 1.85. The lowest BCUT2D eigenvalue weighted by Crippen LogP contribution is -2.28. The number of nitrogen functional groups attached to an aromatic ring is 2. The molecule has 0 radical (unpaired) electrons. The molecule has 5 nitrogen and oxygen atoms in total. The lowest BCUT2D eigenvalue weighted by Gasteiger charge is -2.34. The fourth-order valence-corrected chi connectivity index (χ4v) is 2.87. The summed E-state index contributed by atoms with van der Waals surface area (Å²) in [6.45, 7) is 4.16. The molecule has 98 valence electrons. The van der Waals surface area contributed by atoms with E-state index >= 15 is 0 Å². The Kier molecular flexibility index (Phi) is 2.23. The van der Waals surface area contributed by atoms with Crippen LogP contribution in [0.5, 0.6) is 5.75 Å². The Morgan fingerprint density at radius 1 is 1.21 bits per heavy atom. The first-order chi connectivity index (χ1) is 8.92. The van der Waals surface area contributed by atoms with E-state index < -0.39 is 0 Å². The maximum atomic E-state index is 9.77. The highest BCUT2D eigenvalue weighted by Gasteiger charge is 2.35. The molecule has 5 N–H and O–H groups in total. The quantitative estimate of drug-likeness (QED) is 0.493. The Bertz CT molecular complexity index is 679. The zero-order valence-electron chi connectivity index (χ0n) is 10.9. The number of rotatable bonds is 0. The van der Waals surface area contributed by atoms with Gasteiger partial charge in [0.1, 0.15) is 17.9 Å². The third kappa shape index (κ3) is 1.54. The van der Waals surface area contributed by atoms with Crippen molar-refractivity contribution in [3.63, 3.8) is 0 Å². The van der Waals surface area contributed by atoms with Crippen molar-refractivity contribution in [2.24, 2.45) is 0 Å². The van der Waals surface area contributed by atoms with Gasteiger partial charge in [0.25, 0.3) is 0 Å². The molecule has 1 aliphatic rings. The summed E-state index contributed by atoms with van der Waals surface area (Å²) in [6.07, 6.45) is 2.16. The predicted molar refractivity (Wildman–Crippen MR) is 74.7 cm³/mol. The van der Waals surface area contributed by atoms with Crippen LogP contribution in [0.1, 0.15) is 25.0 Å². The molecule has 1 aliphatic carbocycles. The highest BCUT2D eigenvalue weighted by atomic mass is 16.3. The van der Waals surface area contributed by atoms with Gasteiger partial charge in [0.05, 0.1) is 11.4 Å². The monoisotopic (exact) mass is 256 g/mol. The van der Waals surface area contributed by atoms with Crippen molar-refractivity contribution in [1.82, 2.24) is 9.97 Å². The molecule has 1 heterocycles. The normalized spacial score (nSPS) is 15.7. The minimum atomic E-state index is -0.213. The van der Waals surface area contributed by atoms with Crippen molar-refractivity contribution in [3.05, 3.63) is 29.6 Å². The second-order valence-corrected chi connectivity index (χ2v) is 5.57. The zero-order chi connectivity index (χ0) is 13.8. The second kappa shape index (κ2) is 3.60. The van der Waals surface area contributed by atoms with Crippen LogP contribution in [0.4, 0.5) is 11.5 Å². The number of benzene rings is 1. The standard InChI is InChI=1S/C14H16N4O/c1-14(2)5-8-7(3-4-9(19)11(8)15)12-10(14)13(16)18-6-17-12/h3-4,6,19H,5,15H2,1-2H3,(H2,16,17,18). The number of anilines is 2. The number of nitrogens with zero attached hydrogens (tertiary/aromatic N) is 2. The van der Waals surface area contributed by atoms with Crippen LogP contribution in [-0.2, 0) is 11.8 Å². The molecule has 3 rings (SSSR count). The van der Waals surface area contributed by atoms with E-state index in [0.29, 0.717) is 17.9 Å². The van der Waals surface area contributed by atoms with Gasteiger partial charge in [-0.25, -0.2) is 9.97 Å². The molecule has 5 heteroatoms. The van der Waals surface area contributed by atoms with Crippen LogP contribution in [0.25, 0.3) is 11.3 Å². The molecule has 0 bridgehead atoms. The number of hydrogen-bond donors (Lipinski definition) is 3. The largest absolute Gasteiger partial charge is 0.506 e. The smallest absolute Gasteiger partial charge is 0.138 e. The molecule has 0 saturated heterocycles. The molecular weight excluding hydrogens is 240 g/mol. The summed E-state index contributed by atoms with van der Waals surface area (Å²) in [6, 6.07) is 3.43. The average molecular weight is 256 g/mol. The minimum Gasteiger partial charge on any atom is -0.506 e. The van der Waals surface area contributed by atoms with E-state index in [4.69, 9.17) is 11.5 Å². The van der Waals surface area contributed by atoms with Crippen molar-refractivity contribution in [1.29, 1.82) is 0 Å². The summed E-state index contributed by atoms with van der Waals surface area (Å²) in [7, 11) is 0. The van der Waals surface area contributed by atoms with Gasteiger partial charge in [-0.3, -0.25) is 0 Å². The van der Waals surface area contributed by atoms with Crippen LogP contribution in [0, 0.1) is 0 Å². The molecule has 2 aromatic rings. The zero-order valence-corrected chi connectivity index (χ0v) is 10.9. The van der Waals surface area contributed by atoms with E-state index in [9.17, 15) is 5.11 Å². The number of aromatic hydroxyl groups is 1. The van der Waals surface area contributed by atoms with E-state index in [1.54, 1.807) is 6.07 Å². The van der Waals surface area contributed by atoms with Crippen LogP contribution >= 0.6 is 0 Å². The molecule has 0 saturated carbocycles. The van der Waals surface area contributed by atoms with Gasteiger partial charge in [-0.1, -0.05) is 13.8 Å². The maximum absolute atomic E-state index is 9.77. The number of phenolic OH excluding ortho intramolecular Hbond substituents is 1. The van der Waals surface area contributed by atoms with Crippen molar-refractivity contribution in [2.45, 2.75) is 25.7 Å². The van der Waals surface area contributed by atoms with Gasteiger partial charge in [-0.2, -0.15) is 0 Å². The van der Waals surface area contributed by atoms with Gasteiger partial charge in [0, 0.05) is 11.1 Å². The van der Waals surface area contributed by atoms with Crippen LogP contribution in [0.15, 0.2) is 18.5 Å². The SMILES string of the molecule is CC1(C)Cc2c(ccc(O)c2N)-c2ncnc(N)c21. The number of nitrogens with two attached hydrogens (primary N) is 2. The summed E-state index contributed by atoms with van der Waals surface area (Å²) < 4.78 is 0. The first-order valence-electron chi connectivity index (χ1n) is 6.13. The van der Waals surface area contributed by atoms with E-state index in [2.05, 4.69) is 23.8 Å². The summed E-state index contributed by atoms with van der Waals surface area (Å²) >= 11 is 0. The minimum absolute atomic E-state index is 0.111. The van der Waals surface area contributed by atoms with Gasteiger partial charge in [0.2, 0.25) is 0 Å². The van der Waals surface area contributed by atoms with Crippen LogP contribution in [0.2, 0.25) is 0 Å². The van der Waals surface area contributed by atoms with Gasteiger partial charge >= 0.3 is 0 Å². The second-order valence-electron chi connectivity index (χ2n) is 5.57. The summed E-state index contributed by atoms with van der Waals surface area (Å²) in [5.74, 6) is 0.618. The molecule has 0 atom stereocenters. The van der Waals surface area contributed by atoms with E-state index in [1.807, 2.05) is 6.07 Å². The summed E-state index contributed by atoms with van der Waals surface area (Å²) in [5.41, 5.74) is 15.8. The van der Waals surface area contributed by atoms with Gasteiger partial charge in [-0.15, -0.1) is 0 Å². The molecule has 0 amide bonds. The van der Waals surface area contributed by atoms with Gasteiger partial charge in [0.15, 0.2) is 0 Å². The van der Waals surface area contributed by atoms with Crippen molar-refractivity contribution in [2.75, 3.05) is 11.5 Å². The van der Waals surface area contributed by atoms with Crippen molar-refractivity contribution in [3.8, 4) is 17.0 Å². The topological polar surface area (TPSA) is 98.0 Å². The lowest BCUT2D eigenvalue weighted by atomic mass is 9.71. The van der Waals surface area contributed by atoms with Crippen LogP contribution < -0.4 is 11.5 Å². The van der Waals surface area contributed by atoms with E-state index in [1.165, 1.54) is 6.33 Å². The number of hydrogen-bond acceptors (Lipinski definition) is 5. The third-order valence-corrected chi connectivity index (χ3v) is 3.76. The molecule has 0 unspecified atom stereocenters. The van der Waals surface area contributed by atoms with Gasteiger partial charge in [-0.05, 0) is 29.5 Å². The fourth-order valence-electron chi connectivity index (χ4n) is 2.87. The van der Waals surface area contributed by atoms with Gasteiger partial charge < -0.3 is 16.6 Å². The van der Waals surface area contributed by atoms with Crippen molar-refractivity contribution >= 4 is 11.5 Å². The molecule has 1 aromatic heterocycles. The number of fused-ring (bicyclic) bond motifs is 3. The number of phenols is 1. The Balaban J connectivity index is 2.39. The molecule has 19 heavy (non-hydrogen) atoms. The highest BCUT2D eigenvalue weighted by molar-refractivity contribution is 5.81. The first-order valence-corrected chi connectivity index (χ1v) is 6.13. The molecule has 0 fully saturated rings. The summed E-state index contributed by atoms with van der Waals surface area (Å²) in [4.78, 5) is 8.45. The maximum Gasteiger partial charge on any atom is 0.138 e. The Morgan fingerprint density at radius 3 is 2.68 bits per heavy atom. The Morgan fingerprint density at radius 2 is 1.95 bits per heavy atom. The third-order valence-electron chi connectivity index (χ3n) is 3.76. The van der Waals surface area contributed by atoms with E-state index in [-0.39, 0.29) is 11.2 Å². The number of aromatic nitrogens is 2. The van der Waals surface area contributed by atoms with E-state index in [0.717, 1.165) is 22.4 Å². The Hall–Kier alpha value is -2.30. The molecule has 0 spiro atoms. The molecule has 1 aromatic carbocycles. The fraction of sp³-hybridized carbons (Fsp3) is 0.286. The Labute approximate surface area is 111 Å². The highest BCUT2D eigenvalue weighted by Crippen LogP contribution is 2.47. The first kappa shape index (κ1) is 11.8. The van der Waals surface area contributed by atoms with Crippen LogP contribution in [0.3, 0.4) is 0 Å². The summed E-state index contributed by atoms with van der Waals surface area (Å²) in [5, 5.41) is 9.77. The molecular formula is C14H16N4O. The lowest BCUT2D eigenvalue weighted by molar-refractivity contribution is 0.474. The average Bonchev–Trinajstić information content (AvgIpc) is 2.34. The molecule has 0 aliphatic heterocycles. The van der Waals surface area contributed by atoms with Crippen LogP contribution in [-0.4, -0.2) is 15.1 Å².